The molecule has 0 radical (unpaired) electrons. The number of allylic oxidation sites excluding steroid dienone is 2. The number of nitrogens with one attached hydrogen (secondary N) is 1. The Kier molecular flexibility index (Phi) is 4.65. The SMILES string of the molecule is CCC(C)(C)C1=C(C(=O)NC)C=C(C(C)(C)C)CC1. The van der Waals surface area contributed by atoms with Gasteiger partial charge in [0.05, 0.1) is 0 Å². The average Bonchev–Trinajstić information content (AvgIpc) is 2.36. The molecule has 108 valence electrons. The third kappa shape index (κ3) is 3.49. The highest BCUT2D eigenvalue weighted by molar-refractivity contribution is 5.97. The molecule has 0 bridgehead atoms. The van der Waals surface area contributed by atoms with Gasteiger partial charge in [-0.15, -0.1) is 0 Å². The van der Waals surface area contributed by atoms with E-state index < -0.39 is 0 Å². The molecule has 1 aliphatic rings. The fraction of sp³-hybridized carbons (Fsp3) is 0.706. The lowest BCUT2D eigenvalue weighted by atomic mass is 9.70. The molecule has 0 spiro atoms. The van der Waals surface area contributed by atoms with Gasteiger partial charge in [0.15, 0.2) is 0 Å². The van der Waals surface area contributed by atoms with Gasteiger partial charge >= 0.3 is 0 Å². The number of carbonyl (C=O) groups is 1. The minimum absolute atomic E-state index is 0.0537. The van der Waals surface area contributed by atoms with E-state index in [1.54, 1.807) is 7.05 Å². The predicted octanol–water partition coefficient (Wildman–Crippen LogP) is 4.23. The highest BCUT2D eigenvalue weighted by atomic mass is 16.1. The van der Waals surface area contributed by atoms with Crippen molar-refractivity contribution in [3.63, 3.8) is 0 Å². The number of hydrogen-bond donors (Lipinski definition) is 1. The molecule has 2 nitrogen and oxygen atoms in total. The first-order chi connectivity index (χ1) is 8.63. The molecule has 0 aromatic rings. The summed E-state index contributed by atoms with van der Waals surface area (Å²) in [6.07, 6.45) is 5.27. The van der Waals surface area contributed by atoms with Crippen molar-refractivity contribution in [3.05, 3.63) is 22.8 Å². The van der Waals surface area contributed by atoms with Crippen molar-refractivity contribution in [1.82, 2.24) is 5.32 Å². The van der Waals surface area contributed by atoms with E-state index in [9.17, 15) is 4.79 Å². The summed E-state index contributed by atoms with van der Waals surface area (Å²) in [5.74, 6) is 0.0537. The maximum absolute atomic E-state index is 12.2. The Morgan fingerprint density at radius 2 is 1.79 bits per heavy atom. The van der Waals surface area contributed by atoms with Crippen LogP contribution in [0.3, 0.4) is 0 Å². The Bertz CT molecular complexity index is 419. The van der Waals surface area contributed by atoms with Gasteiger partial charge in [0.2, 0.25) is 0 Å². The zero-order valence-electron chi connectivity index (χ0n) is 13.6. The first-order valence-corrected chi connectivity index (χ1v) is 7.30. The van der Waals surface area contributed by atoms with Crippen LogP contribution in [0.4, 0.5) is 0 Å². The average molecular weight is 263 g/mol. The third-order valence-corrected chi connectivity index (χ3v) is 4.42. The maximum atomic E-state index is 12.2. The molecule has 1 N–H and O–H groups in total. The lowest BCUT2D eigenvalue weighted by Crippen LogP contribution is -2.28. The molecule has 0 aromatic heterocycles. The molecule has 2 heteroatoms. The standard InChI is InChI=1S/C17H29NO/c1-8-17(5,6)14-10-9-12(16(2,3)4)11-13(14)15(19)18-7/h11H,8-10H2,1-7H3,(H,18,19). The van der Waals surface area contributed by atoms with Crippen molar-refractivity contribution >= 4 is 5.91 Å². The molecule has 0 atom stereocenters. The number of likely N-dealkylation sites (N-methyl/N-ethyl adjacent to an activating group) is 1. The summed E-state index contributed by atoms with van der Waals surface area (Å²) in [4.78, 5) is 12.2. The summed E-state index contributed by atoms with van der Waals surface area (Å²) in [6.45, 7) is 13.3. The molecule has 0 heterocycles. The van der Waals surface area contributed by atoms with E-state index in [0.29, 0.717) is 0 Å². The smallest absolute Gasteiger partial charge is 0.250 e. The Labute approximate surface area is 118 Å². The molecule has 0 aliphatic heterocycles. The first-order valence-electron chi connectivity index (χ1n) is 7.30. The first kappa shape index (κ1) is 16.0. The molecule has 0 fully saturated rings. The zero-order chi connectivity index (χ0) is 14.8. The van der Waals surface area contributed by atoms with Gasteiger partial charge in [-0.25, -0.2) is 0 Å². The molecule has 0 unspecified atom stereocenters. The summed E-state index contributed by atoms with van der Waals surface area (Å²) >= 11 is 0. The van der Waals surface area contributed by atoms with Crippen LogP contribution in [0.1, 0.15) is 60.8 Å². The van der Waals surface area contributed by atoms with E-state index in [4.69, 9.17) is 0 Å². The topological polar surface area (TPSA) is 29.1 Å². The lowest BCUT2D eigenvalue weighted by molar-refractivity contribution is -0.116. The van der Waals surface area contributed by atoms with E-state index in [1.807, 2.05) is 0 Å². The Hall–Kier alpha value is -1.05. The molecule has 0 aromatic carbocycles. The number of rotatable bonds is 3. The van der Waals surface area contributed by atoms with E-state index in [-0.39, 0.29) is 16.7 Å². The normalized spacial score (nSPS) is 17.3. The summed E-state index contributed by atoms with van der Waals surface area (Å²) in [6, 6.07) is 0. The summed E-state index contributed by atoms with van der Waals surface area (Å²) in [7, 11) is 1.71. The Balaban J connectivity index is 3.34. The van der Waals surface area contributed by atoms with Gasteiger partial charge in [0.1, 0.15) is 0 Å². The van der Waals surface area contributed by atoms with Crippen molar-refractivity contribution < 1.29 is 4.79 Å². The van der Waals surface area contributed by atoms with Crippen LogP contribution in [0.2, 0.25) is 0 Å². The molecule has 1 rings (SSSR count). The van der Waals surface area contributed by atoms with Gasteiger partial charge < -0.3 is 5.32 Å². The molecule has 0 saturated heterocycles. The van der Waals surface area contributed by atoms with Gasteiger partial charge in [-0.2, -0.15) is 0 Å². The van der Waals surface area contributed by atoms with Crippen LogP contribution in [0.15, 0.2) is 22.8 Å². The van der Waals surface area contributed by atoms with Gasteiger partial charge in [-0.3, -0.25) is 4.79 Å². The minimum atomic E-state index is 0.0537. The number of hydrogen-bond acceptors (Lipinski definition) is 1. The van der Waals surface area contributed by atoms with Gasteiger partial charge in [-0.1, -0.05) is 52.7 Å². The molecular formula is C17H29NO. The lowest BCUT2D eigenvalue weighted by Gasteiger charge is -2.34. The van der Waals surface area contributed by atoms with Crippen LogP contribution in [-0.4, -0.2) is 13.0 Å². The van der Waals surface area contributed by atoms with Crippen molar-refractivity contribution in [2.45, 2.75) is 60.8 Å². The number of carbonyl (C=O) groups excluding carboxylic acids is 1. The fourth-order valence-corrected chi connectivity index (χ4v) is 2.57. The maximum Gasteiger partial charge on any atom is 0.250 e. The molecular weight excluding hydrogens is 234 g/mol. The van der Waals surface area contributed by atoms with Gasteiger partial charge in [0.25, 0.3) is 5.91 Å². The summed E-state index contributed by atoms with van der Waals surface area (Å²) in [5, 5.41) is 2.79. The van der Waals surface area contributed by atoms with E-state index in [1.165, 1.54) is 11.1 Å². The summed E-state index contributed by atoms with van der Waals surface area (Å²) < 4.78 is 0. The van der Waals surface area contributed by atoms with E-state index >= 15 is 0 Å². The van der Waals surface area contributed by atoms with Crippen LogP contribution >= 0.6 is 0 Å². The minimum Gasteiger partial charge on any atom is -0.355 e. The van der Waals surface area contributed by atoms with Crippen molar-refractivity contribution in [3.8, 4) is 0 Å². The fourth-order valence-electron chi connectivity index (χ4n) is 2.57. The van der Waals surface area contributed by atoms with Crippen LogP contribution in [0, 0.1) is 10.8 Å². The summed E-state index contributed by atoms with van der Waals surface area (Å²) in [5.41, 5.74) is 3.82. The van der Waals surface area contributed by atoms with Gasteiger partial charge in [0, 0.05) is 12.6 Å². The Morgan fingerprint density at radius 3 is 2.21 bits per heavy atom. The highest BCUT2D eigenvalue weighted by Gasteiger charge is 2.31. The molecule has 19 heavy (non-hydrogen) atoms. The van der Waals surface area contributed by atoms with Crippen LogP contribution in [-0.2, 0) is 4.79 Å². The van der Waals surface area contributed by atoms with Crippen molar-refractivity contribution in [1.29, 1.82) is 0 Å². The van der Waals surface area contributed by atoms with Crippen molar-refractivity contribution in [2.24, 2.45) is 10.8 Å². The monoisotopic (exact) mass is 263 g/mol. The van der Waals surface area contributed by atoms with Crippen LogP contribution in [0.25, 0.3) is 0 Å². The second-order valence-electron chi connectivity index (χ2n) is 7.13. The van der Waals surface area contributed by atoms with Crippen LogP contribution in [0.5, 0.6) is 0 Å². The molecule has 1 aliphatic carbocycles. The predicted molar refractivity (Wildman–Crippen MR) is 81.9 cm³/mol. The largest absolute Gasteiger partial charge is 0.355 e. The quantitative estimate of drug-likeness (QED) is 0.811. The van der Waals surface area contributed by atoms with E-state index in [2.05, 4.69) is 52.9 Å². The van der Waals surface area contributed by atoms with Crippen molar-refractivity contribution in [2.75, 3.05) is 7.05 Å². The van der Waals surface area contributed by atoms with Crippen LogP contribution < -0.4 is 5.32 Å². The zero-order valence-corrected chi connectivity index (χ0v) is 13.6. The molecule has 0 saturated carbocycles. The molecule has 1 amide bonds. The van der Waals surface area contributed by atoms with Gasteiger partial charge in [-0.05, 0) is 36.2 Å². The van der Waals surface area contributed by atoms with E-state index in [0.717, 1.165) is 24.8 Å². The number of amides is 1. The third-order valence-electron chi connectivity index (χ3n) is 4.42. The second-order valence-corrected chi connectivity index (χ2v) is 7.13. The highest BCUT2D eigenvalue weighted by Crippen LogP contribution is 2.42. The second kappa shape index (κ2) is 5.52. The Morgan fingerprint density at radius 1 is 1.21 bits per heavy atom.